The van der Waals surface area contributed by atoms with Crippen molar-refractivity contribution in [1.82, 2.24) is 9.62 Å². The Bertz CT molecular complexity index is 1090. The Labute approximate surface area is 224 Å². The van der Waals surface area contributed by atoms with Crippen LogP contribution in [0, 0.1) is 19.3 Å². The predicted octanol–water partition coefficient (Wildman–Crippen LogP) is 3.90. The topological polar surface area (TPSA) is 114 Å². The number of rotatable bonds is 9. The van der Waals surface area contributed by atoms with Gasteiger partial charge < -0.3 is 15.6 Å². The highest BCUT2D eigenvalue weighted by molar-refractivity contribution is 7.89. The van der Waals surface area contributed by atoms with E-state index < -0.39 is 40.9 Å². The lowest BCUT2D eigenvalue weighted by Crippen LogP contribution is -2.51. The molecule has 0 radical (unpaired) electrons. The predicted molar refractivity (Wildman–Crippen MR) is 141 cm³/mol. The number of carbonyl (C=O) groups is 2. The molecular weight excluding hydrogens is 519 g/mol. The number of piperidine rings is 1. The fourth-order valence-corrected chi connectivity index (χ4v) is 6.78. The Morgan fingerprint density at radius 2 is 1.82 bits per heavy atom. The SMILES string of the molecule is Cc1cc(N(C)C(N)=O)cc(C)c1CC[S+]([O-])N1CCC2(CC1)N=C(C1(CCCC(F)(F)F)CC1)NC2=O. The smallest absolute Gasteiger partial charge is 0.389 e. The number of primary amides is 1. The van der Waals surface area contributed by atoms with Crippen LogP contribution >= 0.6 is 0 Å². The summed E-state index contributed by atoms with van der Waals surface area (Å²) in [4.78, 5) is 30.6. The van der Waals surface area contributed by atoms with Gasteiger partial charge in [-0.05, 0) is 81.2 Å². The summed E-state index contributed by atoms with van der Waals surface area (Å²) in [5, 5.41) is 2.89. The highest BCUT2D eigenvalue weighted by atomic mass is 32.2. The molecule has 1 saturated carbocycles. The summed E-state index contributed by atoms with van der Waals surface area (Å²) >= 11 is -1.24. The van der Waals surface area contributed by atoms with Crippen LogP contribution in [0.3, 0.4) is 0 Å². The third kappa shape index (κ3) is 6.12. The molecule has 3 aliphatic rings. The monoisotopic (exact) mass is 555 g/mol. The van der Waals surface area contributed by atoms with Crippen molar-refractivity contribution in [2.45, 2.75) is 76.9 Å². The zero-order chi connectivity index (χ0) is 27.9. The first-order valence-electron chi connectivity index (χ1n) is 13.0. The highest BCUT2D eigenvalue weighted by Crippen LogP contribution is 2.53. The zero-order valence-corrected chi connectivity index (χ0v) is 22.9. The summed E-state index contributed by atoms with van der Waals surface area (Å²) < 4.78 is 52.8. The summed E-state index contributed by atoms with van der Waals surface area (Å²) in [6, 6.07) is 3.25. The average Bonchev–Trinajstić information content (AvgIpc) is 3.55. The van der Waals surface area contributed by atoms with Crippen LogP contribution in [0.1, 0.15) is 61.6 Å². The molecule has 1 atom stereocenters. The lowest BCUT2D eigenvalue weighted by molar-refractivity contribution is -0.136. The number of aryl methyl sites for hydroxylation is 2. The van der Waals surface area contributed by atoms with Crippen LogP contribution in [0.4, 0.5) is 23.7 Å². The maximum absolute atomic E-state index is 13.1. The first kappa shape index (κ1) is 28.7. The molecule has 210 valence electrons. The number of hydrogen-bond donors (Lipinski definition) is 2. The maximum Gasteiger partial charge on any atom is 0.389 e. The molecule has 1 aromatic rings. The fourth-order valence-electron chi connectivity index (χ4n) is 5.55. The van der Waals surface area contributed by atoms with E-state index in [-0.39, 0.29) is 12.3 Å². The van der Waals surface area contributed by atoms with Crippen molar-refractivity contribution < 1.29 is 27.3 Å². The molecule has 38 heavy (non-hydrogen) atoms. The van der Waals surface area contributed by atoms with Crippen molar-refractivity contribution in [3.05, 3.63) is 28.8 Å². The Morgan fingerprint density at radius 1 is 1.21 bits per heavy atom. The summed E-state index contributed by atoms with van der Waals surface area (Å²) in [7, 11) is 1.62. The molecule has 4 rings (SSSR count). The minimum absolute atomic E-state index is 0.0294. The lowest BCUT2D eigenvalue weighted by atomic mass is 9.89. The van der Waals surface area contributed by atoms with Crippen molar-refractivity contribution in [2.24, 2.45) is 16.1 Å². The normalized spacial score (nSPS) is 21.2. The van der Waals surface area contributed by atoms with E-state index >= 15 is 0 Å². The number of urea groups is 1. The first-order chi connectivity index (χ1) is 17.8. The van der Waals surface area contributed by atoms with Crippen molar-refractivity contribution >= 4 is 34.8 Å². The van der Waals surface area contributed by atoms with Gasteiger partial charge in [0.05, 0.1) is 0 Å². The Kier molecular flexibility index (Phi) is 8.07. The molecule has 1 spiro atoms. The number of anilines is 1. The molecule has 3 N–H and O–H groups in total. The van der Waals surface area contributed by atoms with Crippen LogP contribution in [0.5, 0.6) is 0 Å². The maximum atomic E-state index is 13.1. The van der Waals surface area contributed by atoms with E-state index in [2.05, 4.69) is 5.32 Å². The molecular formula is C26H36F3N5O3S. The van der Waals surface area contributed by atoms with Gasteiger partial charge in [0, 0.05) is 55.4 Å². The van der Waals surface area contributed by atoms with Crippen LogP contribution in [-0.2, 0) is 22.6 Å². The van der Waals surface area contributed by atoms with Gasteiger partial charge in [0.15, 0.2) is 0 Å². The molecule has 0 bridgehead atoms. The van der Waals surface area contributed by atoms with Crippen LogP contribution < -0.4 is 16.0 Å². The molecule has 1 unspecified atom stereocenters. The van der Waals surface area contributed by atoms with Crippen molar-refractivity contribution in [1.29, 1.82) is 0 Å². The number of hydrogen-bond acceptors (Lipinski definition) is 5. The third-order valence-corrected chi connectivity index (χ3v) is 9.71. The number of aliphatic imine (C=N–C) groups is 1. The van der Waals surface area contributed by atoms with Crippen molar-refractivity contribution in [3.8, 4) is 0 Å². The van der Waals surface area contributed by atoms with E-state index in [0.29, 0.717) is 56.0 Å². The molecule has 1 aromatic carbocycles. The van der Waals surface area contributed by atoms with E-state index in [1.54, 1.807) is 7.05 Å². The van der Waals surface area contributed by atoms with Gasteiger partial charge in [0.2, 0.25) is 0 Å². The van der Waals surface area contributed by atoms with Gasteiger partial charge in [-0.3, -0.25) is 14.7 Å². The fraction of sp³-hybridized carbons (Fsp3) is 0.654. The number of alkyl halides is 3. The van der Waals surface area contributed by atoms with E-state index in [1.807, 2.05) is 30.3 Å². The zero-order valence-electron chi connectivity index (χ0n) is 22.1. The summed E-state index contributed by atoms with van der Waals surface area (Å²) in [6.45, 7) is 4.83. The standard InChI is InChI=1S/C26H36F3N5O3S/c1-17-15-19(33(3)23(30)36)16-18(2)20(17)5-14-38(37)34-12-10-25(11-13-34)22(35)31-21(32-25)24(8-9-24)6-4-7-26(27,28)29/h15-16H,4-14H2,1-3H3,(H2,30,36)(H,31,32,35). The van der Waals surface area contributed by atoms with E-state index in [0.717, 1.165) is 29.5 Å². The van der Waals surface area contributed by atoms with Gasteiger partial charge in [-0.25, -0.2) is 4.79 Å². The number of carbonyl (C=O) groups excluding carboxylic acids is 2. The molecule has 3 amide bonds. The van der Waals surface area contributed by atoms with Gasteiger partial charge in [-0.2, -0.15) is 13.2 Å². The summed E-state index contributed by atoms with van der Waals surface area (Å²) in [5.41, 5.74) is 7.82. The van der Waals surface area contributed by atoms with Gasteiger partial charge in [0.1, 0.15) is 17.1 Å². The largest absolute Gasteiger partial charge is 0.598 e. The van der Waals surface area contributed by atoms with E-state index in [4.69, 9.17) is 10.7 Å². The van der Waals surface area contributed by atoms with Gasteiger partial charge in [-0.1, -0.05) is 0 Å². The molecule has 8 nitrogen and oxygen atoms in total. The number of nitrogens with one attached hydrogen (secondary N) is 1. The van der Waals surface area contributed by atoms with Crippen LogP contribution in [-0.4, -0.2) is 64.2 Å². The number of nitrogens with two attached hydrogens (primary N) is 1. The number of amides is 3. The average molecular weight is 556 g/mol. The van der Waals surface area contributed by atoms with E-state index in [1.165, 1.54) is 4.90 Å². The second-order valence-electron chi connectivity index (χ2n) is 10.9. The van der Waals surface area contributed by atoms with Crippen LogP contribution in [0.2, 0.25) is 0 Å². The van der Waals surface area contributed by atoms with Crippen LogP contribution in [0.15, 0.2) is 17.1 Å². The molecule has 2 aliphatic heterocycles. The van der Waals surface area contributed by atoms with E-state index in [9.17, 15) is 27.3 Å². The lowest BCUT2D eigenvalue weighted by Gasteiger charge is -2.35. The summed E-state index contributed by atoms with van der Waals surface area (Å²) in [5.74, 6) is 0.797. The number of nitrogens with zero attached hydrogens (tertiary/aromatic N) is 3. The third-order valence-electron chi connectivity index (χ3n) is 8.21. The summed E-state index contributed by atoms with van der Waals surface area (Å²) in [6.07, 6.45) is -1.65. The Morgan fingerprint density at radius 3 is 2.34 bits per heavy atom. The quantitative estimate of drug-likeness (QED) is 0.450. The number of halogens is 3. The molecule has 2 heterocycles. The Hall–Kier alpha value is -2.31. The molecule has 2 fully saturated rings. The van der Waals surface area contributed by atoms with Gasteiger partial charge in [0.25, 0.3) is 5.91 Å². The van der Waals surface area contributed by atoms with Crippen molar-refractivity contribution in [2.75, 3.05) is 30.8 Å². The molecule has 0 aromatic heterocycles. The van der Waals surface area contributed by atoms with Crippen LogP contribution in [0.25, 0.3) is 0 Å². The minimum atomic E-state index is -4.18. The van der Waals surface area contributed by atoms with Gasteiger partial charge in [-0.15, -0.1) is 4.31 Å². The number of amidine groups is 1. The number of benzene rings is 1. The molecule has 1 aliphatic carbocycles. The van der Waals surface area contributed by atoms with Crippen molar-refractivity contribution in [3.63, 3.8) is 0 Å². The van der Waals surface area contributed by atoms with Gasteiger partial charge >= 0.3 is 12.2 Å². The highest BCUT2D eigenvalue weighted by Gasteiger charge is 2.55. The minimum Gasteiger partial charge on any atom is -0.598 e. The molecule has 12 heteroatoms. The first-order valence-corrected chi connectivity index (χ1v) is 14.3. The second kappa shape index (κ2) is 10.7. The molecule has 1 saturated heterocycles. The second-order valence-corrected chi connectivity index (χ2v) is 12.4. The Balaban J connectivity index is 1.32.